The van der Waals surface area contributed by atoms with Gasteiger partial charge in [0.05, 0.1) is 0 Å². The van der Waals surface area contributed by atoms with Crippen molar-refractivity contribution in [3.05, 3.63) is 10.1 Å². The molecule has 0 aromatic heterocycles. The molecule has 0 unspecified atom stereocenters. The van der Waals surface area contributed by atoms with Crippen LogP contribution < -0.4 is 6.15 Å². The van der Waals surface area contributed by atoms with Gasteiger partial charge in [0, 0.05) is 0 Å². The van der Waals surface area contributed by atoms with Crippen molar-refractivity contribution in [2.24, 2.45) is 0 Å². The van der Waals surface area contributed by atoms with E-state index in [2.05, 4.69) is 0 Å². The van der Waals surface area contributed by atoms with Gasteiger partial charge in [-0.2, -0.15) is 0 Å². The first kappa shape index (κ1) is 8.90. The Kier molecular flexibility index (Phi) is 5.63. The second-order valence-corrected chi connectivity index (χ2v) is 0.238. The van der Waals surface area contributed by atoms with E-state index in [1.807, 2.05) is 0 Å². The summed E-state index contributed by atoms with van der Waals surface area (Å²) in [6, 6.07) is 0. The number of rotatable bonds is 0. The van der Waals surface area contributed by atoms with Crippen molar-refractivity contribution < 1.29 is 10.3 Å². The van der Waals surface area contributed by atoms with Crippen LogP contribution in [0.3, 0.4) is 0 Å². The van der Waals surface area contributed by atoms with Crippen LogP contribution in [0.25, 0.3) is 0 Å². The lowest BCUT2D eigenvalue weighted by Crippen LogP contribution is -1.81. The van der Waals surface area contributed by atoms with Crippen LogP contribution in [0.5, 0.6) is 0 Å². The first-order valence-corrected chi connectivity index (χ1v) is 0.565. The van der Waals surface area contributed by atoms with E-state index in [1.54, 1.807) is 0 Å². The van der Waals surface area contributed by atoms with Crippen molar-refractivity contribution in [3.8, 4) is 0 Å². The zero-order valence-electron chi connectivity index (χ0n) is 2.42. The molecule has 0 radical (unpaired) electrons. The number of hydrogen-bond acceptors (Lipinski definition) is 3. The Balaban J connectivity index is 0. The van der Waals surface area contributed by atoms with E-state index in [9.17, 15) is 0 Å². The fraction of sp³-hybridized carbons (Fsp3) is 0. The van der Waals surface area contributed by atoms with Crippen molar-refractivity contribution >= 4 is 0 Å². The highest BCUT2D eigenvalue weighted by Crippen LogP contribution is 1.38. The predicted octanol–water partition coefficient (Wildman–Crippen LogP) is -0.186. The van der Waals surface area contributed by atoms with Crippen LogP contribution in [0.4, 0.5) is 0 Å². The summed E-state index contributed by atoms with van der Waals surface area (Å²) in [6.45, 7) is 0. The van der Waals surface area contributed by atoms with Crippen molar-refractivity contribution in [1.82, 2.24) is 6.15 Å². The average molecular weight is 81.0 g/mol. The molecule has 0 aromatic rings. The van der Waals surface area contributed by atoms with Gasteiger partial charge in [0.15, 0.2) is 0 Å². The average Bonchev–Trinajstić information content (AvgIpc) is 0.811. The van der Waals surface area contributed by atoms with Crippen LogP contribution in [-0.4, -0.2) is 10.3 Å². The van der Waals surface area contributed by atoms with E-state index < -0.39 is 5.09 Å². The maximum atomic E-state index is 8.36. The first-order chi connectivity index (χ1) is 1.73. The van der Waals surface area contributed by atoms with Gasteiger partial charge >= 0.3 is 0 Å². The normalized spacial score (nSPS) is 4.80. The summed E-state index contributed by atoms with van der Waals surface area (Å²) in [6.07, 6.45) is 0. The minimum Gasteiger partial charge on any atom is -0.344 e. The third kappa shape index (κ3) is 6.03. The van der Waals surface area contributed by atoms with Gasteiger partial charge in [-0.15, -0.1) is 10.1 Å². The molecule has 0 saturated carbocycles. The zero-order valence-corrected chi connectivity index (χ0v) is 2.42. The Morgan fingerprint density at radius 3 is 1.80 bits per heavy atom. The zero-order chi connectivity index (χ0) is 3.58. The van der Waals surface area contributed by atoms with Gasteiger partial charge in [-0.25, -0.2) is 0 Å². The minimum absolute atomic E-state index is 0. The van der Waals surface area contributed by atoms with E-state index in [-0.39, 0.29) is 6.15 Å². The van der Waals surface area contributed by atoms with Gasteiger partial charge in [0.2, 0.25) is 0 Å². The Morgan fingerprint density at radius 2 is 1.80 bits per heavy atom. The van der Waals surface area contributed by atoms with Crippen LogP contribution >= 0.6 is 0 Å². The molecule has 5 nitrogen and oxygen atoms in total. The Morgan fingerprint density at radius 1 is 1.80 bits per heavy atom. The van der Waals surface area contributed by atoms with Crippen LogP contribution in [0.2, 0.25) is 0 Å². The third-order valence-electron chi connectivity index (χ3n) is 0. The molecule has 0 saturated heterocycles. The molecule has 5 heteroatoms. The van der Waals surface area contributed by atoms with E-state index in [4.69, 9.17) is 15.3 Å². The van der Waals surface area contributed by atoms with E-state index in [0.29, 0.717) is 0 Å². The van der Waals surface area contributed by atoms with Gasteiger partial charge in [0.1, 0.15) is 0 Å². The quantitative estimate of drug-likeness (QED) is 0.240. The summed E-state index contributed by atoms with van der Waals surface area (Å²) in [5, 5.41) is 13.6. The molecule has 0 rings (SSSR count). The molecule has 0 heterocycles. The fourth-order valence-electron chi connectivity index (χ4n) is 0. The standard InChI is InChI=1S/HNO3.H3N/c2-1(3)4;/h(H,2,3,4);1H3/i;1+1. The molecular weight excluding hydrogens is 77.0 g/mol. The topological polar surface area (TPSA) is 98.4 Å². The monoisotopic (exact) mass is 81.0 g/mol. The lowest BCUT2D eigenvalue weighted by molar-refractivity contribution is -0.742. The van der Waals surface area contributed by atoms with Gasteiger partial charge < -0.3 is 11.4 Å². The van der Waals surface area contributed by atoms with E-state index in [0.717, 1.165) is 0 Å². The molecule has 0 aromatic carbocycles. The smallest absolute Gasteiger partial charge is 0.291 e. The summed E-state index contributed by atoms with van der Waals surface area (Å²) >= 11 is 0. The fourth-order valence-corrected chi connectivity index (χ4v) is 0. The molecule has 0 aliphatic rings. The highest BCUT2D eigenvalue weighted by Gasteiger charge is 1.65. The maximum absolute atomic E-state index is 8.36. The highest BCUT2D eigenvalue weighted by molar-refractivity contribution is 3.83. The van der Waals surface area contributed by atoms with Crippen molar-refractivity contribution in [1.29, 1.82) is 0 Å². The molecule has 4 N–H and O–H groups in total. The summed E-state index contributed by atoms with van der Waals surface area (Å²) in [5.74, 6) is 0. The molecule has 0 atom stereocenters. The van der Waals surface area contributed by atoms with E-state index >= 15 is 0 Å². The predicted molar refractivity (Wildman–Crippen MR) is 13.8 cm³/mol. The molecule has 32 valence electrons. The van der Waals surface area contributed by atoms with Crippen LogP contribution in [0.15, 0.2) is 0 Å². The lowest BCUT2D eigenvalue weighted by atomic mass is 13.1. The van der Waals surface area contributed by atoms with Crippen molar-refractivity contribution in [3.63, 3.8) is 0 Å². The number of nitrogens with zero attached hydrogens (tertiary/aromatic N) is 1. The summed E-state index contributed by atoms with van der Waals surface area (Å²) in [5.41, 5.74) is 0. The number of hydrogen-bond donors (Lipinski definition) is 2. The van der Waals surface area contributed by atoms with Crippen LogP contribution in [0.1, 0.15) is 0 Å². The molecule has 0 fully saturated rings. The highest BCUT2D eigenvalue weighted by atomic mass is 16.9. The van der Waals surface area contributed by atoms with Gasteiger partial charge in [-0.05, 0) is 0 Å². The van der Waals surface area contributed by atoms with Crippen LogP contribution in [0, 0.1) is 10.1 Å². The molecule has 0 aliphatic carbocycles. The van der Waals surface area contributed by atoms with Gasteiger partial charge in [0.25, 0.3) is 5.09 Å². The SMILES string of the molecule is O=[N+]([O-])O.[15NH3]. The summed E-state index contributed by atoms with van der Waals surface area (Å²) in [4.78, 5) is 8.36. The first-order valence-electron chi connectivity index (χ1n) is 0.565. The second kappa shape index (κ2) is 3.16. The molecular formula is H4N2O3. The minimum atomic E-state index is -1.50. The second-order valence-electron chi connectivity index (χ2n) is 0.238. The molecule has 0 bridgehead atoms. The Hall–Kier alpha value is -0.840. The molecule has 0 spiro atoms. The van der Waals surface area contributed by atoms with E-state index in [1.165, 1.54) is 0 Å². The molecule has 0 aliphatic heterocycles. The molecule has 0 amide bonds. The third-order valence-corrected chi connectivity index (χ3v) is 0. The largest absolute Gasteiger partial charge is 0.344 e. The Labute approximate surface area is 27.9 Å². The maximum Gasteiger partial charge on any atom is 0.291 e. The van der Waals surface area contributed by atoms with Gasteiger partial charge in [-0.3, -0.25) is 0 Å². The summed E-state index contributed by atoms with van der Waals surface area (Å²) < 4.78 is 0. The van der Waals surface area contributed by atoms with Crippen molar-refractivity contribution in [2.75, 3.05) is 0 Å². The van der Waals surface area contributed by atoms with Crippen LogP contribution in [-0.2, 0) is 0 Å². The lowest BCUT2D eigenvalue weighted by Gasteiger charge is -1.56. The van der Waals surface area contributed by atoms with Crippen molar-refractivity contribution in [2.45, 2.75) is 0 Å². The van der Waals surface area contributed by atoms with Gasteiger partial charge in [-0.1, -0.05) is 0 Å². The summed E-state index contributed by atoms with van der Waals surface area (Å²) in [7, 11) is 0. The Bertz CT molecular complexity index is 27.9. The molecule has 5 heavy (non-hydrogen) atoms.